The molecule has 0 unspecified atom stereocenters. The van der Waals surface area contributed by atoms with Crippen molar-refractivity contribution in [2.45, 2.75) is 26.2 Å². The van der Waals surface area contributed by atoms with Gasteiger partial charge >= 0.3 is 0 Å². The molecule has 1 aromatic carbocycles. The second-order valence-electron chi connectivity index (χ2n) is 3.83. The topological polar surface area (TPSA) is 38.3 Å². The van der Waals surface area contributed by atoms with Crippen LogP contribution < -0.4 is 10.1 Å². The predicted octanol–water partition coefficient (Wildman–Crippen LogP) is 4.09. The predicted molar refractivity (Wildman–Crippen MR) is 75.8 cm³/mol. The van der Waals surface area contributed by atoms with E-state index in [4.69, 9.17) is 27.9 Å². The minimum absolute atomic E-state index is 0.0840. The van der Waals surface area contributed by atoms with Crippen LogP contribution in [-0.2, 0) is 4.79 Å². The largest absolute Gasteiger partial charge is 0.491 e. The molecule has 5 heteroatoms. The molecule has 0 aliphatic rings. The van der Waals surface area contributed by atoms with Crippen LogP contribution in [0.1, 0.15) is 26.2 Å². The highest BCUT2D eigenvalue weighted by Gasteiger charge is 2.08. The van der Waals surface area contributed by atoms with E-state index in [1.165, 1.54) is 0 Å². The fraction of sp³-hybridized carbons (Fsp3) is 0.462. The van der Waals surface area contributed by atoms with Crippen molar-refractivity contribution in [2.24, 2.45) is 0 Å². The highest BCUT2D eigenvalue weighted by Crippen LogP contribution is 2.28. The second kappa shape index (κ2) is 8.22. The van der Waals surface area contributed by atoms with Crippen molar-refractivity contribution in [1.82, 2.24) is 0 Å². The Kier molecular flexibility index (Phi) is 6.91. The Morgan fingerprint density at radius 1 is 1.44 bits per heavy atom. The zero-order valence-corrected chi connectivity index (χ0v) is 11.9. The maximum Gasteiger partial charge on any atom is 0.224 e. The summed E-state index contributed by atoms with van der Waals surface area (Å²) < 4.78 is 5.55. The summed E-state index contributed by atoms with van der Waals surface area (Å²) in [4.78, 5) is 11.6. The number of carbonyl (C=O) groups is 1. The van der Waals surface area contributed by atoms with Crippen molar-refractivity contribution in [1.29, 1.82) is 0 Å². The first-order valence-electron chi connectivity index (χ1n) is 5.95. The van der Waals surface area contributed by atoms with Gasteiger partial charge in [0.05, 0.1) is 12.3 Å². The van der Waals surface area contributed by atoms with Crippen LogP contribution in [0, 0.1) is 0 Å². The quantitative estimate of drug-likeness (QED) is 0.768. The Morgan fingerprint density at radius 3 is 2.89 bits per heavy atom. The molecule has 0 saturated carbocycles. The molecule has 0 fully saturated rings. The van der Waals surface area contributed by atoms with Gasteiger partial charge in [0.2, 0.25) is 5.91 Å². The zero-order chi connectivity index (χ0) is 13.4. The molecule has 1 rings (SSSR count). The highest BCUT2D eigenvalue weighted by molar-refractivity contribution is 6.31. The summed E-state index contributed by atoms with van der Waals surface area (Å²) in [5, 5.41) is 3.35. The molecule has 0 saturated heterocycles. The maximum absolute atomic E-state index is 11.6. The molecule has 0 heterocycles. The van der Waals surface area contributed by atoms with Gasteiger partial charge in [-0.3, -0.25) is 4.79 Å². The summed E-state index contributed by atoms with van der Waals surface area (Å²) in [6.07, 6.45) is 1.95. The summed E-state index contributed by atoms with van der Waals surface area (Å²) in [7, 11) is 0. The molecule has 0 radical (unpaired) electrons. The Morgan fingerprint density at radius 2 is 2.22 bits per heavy atom. The SMILES string of the molecule is CCCOc1ccc(Cl)cc1NC(=O)CCCCl. The summed E-state index contributed by atoms with van der Waals surface area (Å²) in [5.41, 5.74) is 0.607. The minimum atomic E-state index is -0.0840. The first kappa shape index (κ1) is 15.1. The van der Waals surface area contributed by atoms with Crippen LogP contribution in [0.4, 0.5) is 5.69 Å². The van der Waals surface area contributed by atoms with E-state index in [0.717, 1.165) is 6.42 Å². The van der Waals surface area contributed by atoms with E-state index in [2.05, 4.69) is 5.32 Å². The number of alkyl halides is 1. The molecule has 0 atom stereocenters. The summed E-state index contributed by atoms with van der Waals surface area (Å²) in [6.45, 7) is 2.63. The van der Waals surface area contributed by atoms with Crippen molar-refractivity contribution in [3.8, 4) is 5.75 Å². The van der Waals surface area contributed by atoms with Crippen LogP contribution in [-0.4, -0.2) is 18.4 Å². The lowest BCUT2D eigenvalue weighted by Gasteiger charge is -2.12. The van der Waals surface area contributed by atoms with Gasteiger partial charge in [0.15, 0.2) is 0 Å². The van der Waals surface area contributed by atoms with E-state index in [1.54, 1.807) is 18.2 Å². The smallest absolute Gasteiger partial charge is 0.224 e. The fourth-order valence-corrected chi connectivity index (χ4v) is 1.68. The molecular weight excluding hydrogens is 273 g/mol. The first-order chi connectivity index (χ1) is 8.67. The van der Waals surface area contributed by atoms with E-state index < -0.39 is 0 Å². The molecule has 0 aromatic heterocycles. The third-order valence-corrected chi connectivity index (χ3v) is 2.72. The Hall–Kier alpha value is -0.930. The van der Waals surface area contributed by atoms with Gasteiger partial charge in [0, 0.05) is 17.3 Å². The van der Waals surface area contributed by atoms with Gasteiger partial charge in [-0.2, -0.15) is 0 Å². The lowest BCUT2D eigenvalue weighted by molar-refractivity contribution is -0.116. The van der Waals surface area contributed by atoms with Gasteiger partial charge < -0.3 is 10.1 Å². The van der Waals surface area contributed by atoms with E-state index in [9.17, 15) is 4.79 Å². The zero-order valence-electron chi connectivity index (χ0n) is 10.3. The van der Waals surface area contributed by atoms with E-state index in [1.807, 2.05) is 6.92 Å². The van der Waals surface area contributed by atoms with Crippen molar-refractivity contribution in [2.75, 3.05) is 17.8 Å². The molecule has 1 aromatic rings. The molecular formula is C13H17Cl2NO2. The Bertz CT molecular complexity index is 397. The van der Waals surface area contributed by atoms with Crippen LogP contribution in [0.5, 0.6) is 5.75 Å². The number of halogens is 2. The van der Waals surface area contributed by atoms with Crippen molar-refractivity contribution < 1.29 is 9.53 Å². The summed E-state index contributed by atoms with van der Waals surface area (Å²) in [5.74, 6) is 1.03. The molecule has 0 aliphatic carbocycles. The van der Waals surface area contributed by atoms with Crippen LogP contribution in [0.25, 0.3) is 0 Å². The van der Waals surface area contributed by atoms with Crippen molar-refractivity contribution in [3.63, 3.8) is 0 Å². The standard InChI is InChI=1S/C13H17Cl2NO2/c1-2-8-18-12-6-5-10(15)9-11(12)16-13(17)4-3-7-14/h5-6,9H,2-4,7-8H2,1H3,(H,16,17). The average molecular weight is 290 g/mol. The van der Waals surface area contributed by atoms with Gasteiger partial charge in [0.1, 0.15) is 5.75 Å². The number of hydrogen-bond donors (Lipinski definition) is 1. The normalized spacial score (nSPS) is 10.2. The number of benzene rings is 1. The Balaban J connectivity index is 2.71. The average Bonchev–Trinajstić information content (AvgIpc) is 2.35. The number of rotatable bonds is 7. The minimum Gasteiger partial charge on any atom is -0.491 e. The van der Waals surface area contributed by atoms with Crippen LogP contribution in [0.15, 0.2) is 18.2 Å². The van der Waals surface area contributed by atoms with Gasteiger partial charge in [-0.05, 0) is 31.0 Å². The molecule has 1 amide bonds. The van der Waals surface area contributed by atoms with Gasteiger partial charge in [-0.15, -0.1) is 11.6 Å². The number of amides is 1. The first-order valence-corrected chi connectivity index (χ1v) is 6.86. The van der Waals surface area contributed by atoms with E-state index in [-0.39, 0.29) is 5.91 Å². The third-order valence-electron chi connectivity index (χ3n) is 2.21. The van der Waals surface area contributed by atoms with Crippen molar-refractivity contribution in [3.05, 3.63) is 23.2 Å². The van der Waals surface area contributed by atoms with Crippen LogP contribution >= 0.6 is 23.2 Å². The number of hydrogen-bond acceptors (Lipinski definition) is 2. The molecule has 0 spiro atoms. The van der Waals surface area contributed by atoms with Crippen LogP contribution in [0.3, 0.4) is 0 Å². The molecule has 1 N–H and O–H groups in total. The maximum atomic E-state index is 11.6. The number of nitrogens with one attached hydrogen (secondary N) is 1. The monoisotopic (exact) mass is 289 g/mol. The molecule has 18 heavy (non-hydrogen) atoms. The van der Waals surface area contributed by atoms with Crippen LogP contribution in [0.2, 0.25) is 5.02 Å². The lowest BCUT2D eigenvalue weighted by atomic mass is 10.2. The number of ether oxygens (including phenoxy) is 1. The summed E-state index contributed by atoms with van der Waals surface area (Å²) >= 11 is 11.5. The third kappa shape index (κ3) is 5.15. The second-order valence-corrected chi connectivity index (χ2v) is 4.64. The Labute approximate surface area is 117 Å². The lowest BCUT2D eigenvalue weighted by Crippen LogP contribution is -2.12. The highest BCUT2D eigenvalue weighted by atomic mass is 35.5. The molecule has 0 aliphatic heterocycles. The van der Waals surface area contributed by atoms with Gasteiger partial charge in [-0.25, -0.2) is 0 Å². The summed E-state index contributed by atoms with van der Waals surface area (Å²) in [6, 6.07) is 5.18. The molecule has 3 nitrogen and oxygen atoms in total. The fourth-order valence-electron chi connectivity index (χ4n) is 1.38. The van der Waals surface area contributed by atoms with Gasteiger partial charge in [-0.1, -0.05) is 18.5 Å². The van der Waals surface area contributed by atoms with E-state index >= 15 is 0 Å². The molecule has 0 bridgehead atoms. The van der Waals surface area contributed by atoms with Gasteiger partial charge in [0.25, 0.3) is 0 Å². The molecule has 100 valence electrons. The van der Waals surface area contributed by atoms with E-state index in [0.29, 0.717) is 41.8 Å². The number of carbonyl (C=O) groups excluding carboxylic acids is 1. The number of anilines is 1. The van der Waals surface area contributed by atoms with Crippen molar-refractivity contribution >= 4 is 34.8 Å².